The molecule has 0 aliphatic heterocycles. The quantitative estimate of drug-likeness (QED) is 0.724. The largest absolute Gasteiger partial charge is 0.495 e. The molecule has 2 amide bonds. The normalized spacial score (nSPS) is 10.3. The third-order valence-corrected chi connectivity index (χ3v) is 3.94. The molecule has 1 aromatic heterocycles. The lowest BCUT2D eigenvalue weighted by atomic mass is 10.2. The van der Waals surface area contributed by atoms with Crippen molar-refractivity contribution in [2.45, 2.75) is 6.92 Å². The first-order valence-corrected chi connectivity index (χ1v) is 8.23. The van der Waals surface area contributed by atoms with E-state index in [4.69, 9.17) is 21.1 Å². The number of halogens is 1. The Balaban J connectivity index is 2.17. The summed E-state index contributed by atoms with van der Waals surface area (Å²) in [7, 11) is 3.03. The Labute approximate surface area is 156 Å². The predicted molar refractivity (Wildman–Crippen MR) is 99.1 cm³/mol. The van der Waals surface area contributed by atoms with Crippen LogP contribution < -0.4 is 15.4 Å². The molecule has 0 saturated carbocycles. The average Bonchev–Trinajstić information content (AvgIpc) is 2.64. The summed E-state index contributed by atoms with van der Waals surface area (Å²) in [5.74, 6) is -0.407. The number of aryl methyl sites for hydroxylation is 1. The van der Waals surface area contributed by atoms with Crippen molar-refractivity contribution in [1.82, 2.24) is 10.3 Å². The van der Waals surface area contributed by atoms with Crippen LogP contribution in [0.1, 0.15) is 26.5 Å². The molecule has 0 aliphatic rings. The van der Waals surface area contributed by atoms with Crippen LogP contribution in [0.2, 0.25) is 5.02 Å². The van der Waals surface area contributed by atoms with Crippen LogP contribution >= 0.6 is 11.6 Å². The first-order chi connectivity index (χ1) is 12.5. The first-order valence-electron chi connectivity index (χ1n) is 7.86. The fourth-order valence-electron chi connectivity index (χ4n) is 2.16. The maximum atomic E-state index is 12.5. The van der Waals surface area contributed by atoms with Crippen molar-refractivity contribution in [2.24, 2.45) is 0 Å². The molecular weight excluding hydrogens is 358 g/mol. The van der Waals surface area contributed by atoms with Gasteiger partial charge in [-0.15, -0.1) is 0 Å². The minimum atomic E-state index is -0.462. The first kappa shape index (κ1) is 19.7. The Morgan fingerprint density at radius 3 is 2.50 bits per heavy atom. The van der Waals surface area contributed by atoms with Gasteiger partial charge in [-0.3, -0.25) is 9.59 Å². The molecule has 0 atom stereocenters. The van der Waals surface area contributed by atoms with E-state index < -0.39 is 5.91 Å². The summed E-state index contributed by atoms with van der Waals surface area (Å²) in [6, 6.07) is 7.99. The number of rotatable bonds is 7. The molecule has 26 heavy (non-hydrogen) atoms. The van der Waals surface area contributed by atoms with Crippen LogP contribution in [0.15, 0.2) is 30.3 Å². The van der Waals surface area contributed by atoms with E-state index in [1.54, 1.807) is 25.3 Å². The van der Waals surface area contributed by atoms with Gasteiger partial charge in [-0.1, -0.05) is 17.7 Å². The zero-order chi connectivity index (χ0) is 19.1. The smallest absolute Gasteiger partial charge is 0.274 e. The van der Waals surface area contributed by atoms with Crippen molar-refractivity contribution >= 4 is 29.1 Å². The molecule has 1 aromatic carbocycles. The summed E-state index contributed by atoms with van der Waals surface area (Å²) < 4.78 is 10.1. The molecule has 0 unspecified atom stereocenters. The highest BCUT2D eigenvalue weighted by atomic mass is 35.5. The fourth-order valence-corrected chi connectivity index (χ4v) is 2.31. The molecule has 0 radical (unpaired) electrons. The molecule has 0 fully saturated rings. The van der Waals surface area contributed by atoms with Crippen LogP contribution in [0.25, 0.3) is 0 Å². The lowest BCUT2D eigenvalue weighted by molar-refractivity contribution is 0.0932. The number of hydrogen-bond acceptors (Lipinski definition) is 5. The van der Waals surface area contributed by atoms with Gasteiger partial charge in [0.1, 0.15) is 17.1 Å². The Kier molecular flexibility index (Phi) is 6.94. The summed E-state index contributed by atoms with van der Waals surface area (Å²) in [6.07, 6.45) is 0. The number of aromatic nitrogens is 1. The molecule has 2 aromatic rings. The van der Waals surface area contributed by atoms with E-state index in [1.807, 2.05) is 6.92 Å². The Morgan fingerprint density at radius 2 is 1.85 bits per heavy atom. The summed E-state index contributed by atoms with van der Waals surface area (Å²) in [5.41, 5.74) is 1.52. The zero-order valence-electron chi connectivity index (χ0n) is 14.8. The summed E-state index contributed by atoms with van der Waals surface area (Å²) >= 11 is 6.07. The van der Waals surface area contributed by atoms with E-state index in [9.17, 15) is 9.59 Å². The molecule has 8 heteroatoms. The van der Waals surface area contributed by atoms with Crippen LogP contribution in [-0.2, 0) is 4.74 Å². The standard InChI is InChI=1S/C18H20ClN3O4/c1-11-9-15(16(26-3)10-12(11)19)22-18(24)14-6-4-5-13(21-14)17(23)20-7-8-25-2/h4-6,9-10H,7-8H2,1-3H3,(H,20,23)(H,22,24). The van der Waals surface area contributed by atoms with Gasteiger partial charge in [0.25, 0.3) is 11.8 Å². The number of benzene rings is 1. The van der Waals surface area contributed by atoms with Gasteiger partial charge in [0.05, 0.1) is 19.4 Å². The fraction of sp³-hybridized carbons (Fsp3) is 0.278. The number of hydrogen-bond donors (Lipinski definition) is 2. The molecule has 2 rings (SSSR count). The third-order valence-electron chi connectivity index (χ3n) is 3.54. The van der Waals surface area contributed by atoms with E-state index >= 15 is 0 Å². The SMILES string of the molecule is COCCNC(=O)c1cccc(C(=O)Nc2cc(C)c(Cl)cc2OC)n1. The van der Waals surface area contributed by atoms with E-state index in [0.29, 0.717) is 29.6 Å². The second-order valence-electron chi connectivity index (χ2n) is 5.41. The number of nitrogens with zero attached hydrogens (tertiary/aromatic N) is 1. The molecule has 0 bridgehead atoms. The second kappa shape index (κ2) is 9.17. The van der Waals surface area contributed by atoms with Gasteiger partial charge < -0.3 is 20.1 Å². The average molecular weight is 378 g/mol. The number of carbonyl (C=O) groups excluding carboxylic acids is 2. The van der Waals surface area contributed by atoms with Crippen LogP contribution in [0.5, 0.6) is 5.75 Å². The Bertz CT molecular complexity index is 811. The monoisotopic (exact) mass is 377 g/mol. The van der Waals surface area contributed by atoms with Crippen molar-refractivity contribution in [1.29, 1.82) is 0 Å². The maximum absolute atomic E-state index is 12.5. The van der Waals surface area contributed by atoms with Crippen molar-refractivity contribution in [2.75, 3.05) is 32.7 Å². The van der Waals surface area contributed by atoms with Crippen molar-refractivity contribution in [3.05, 3.63) is 52.3 Å². The highest BCUT2D eigenvalue weighted by molar-refractivity contribution is 6.31. The van der Waals surface area contributed by atoms with E-state index in [0.717, 1.165) is 5.56 Å². The van der Waals surface area contributed by atoms with Gasteiger partial charge in [0.15, 0.2) is 0 Å². The lowest BCUT2D eigenvalue weighted by Crippen LogP contribution is -2.28. The van der Waals surface area contributed by atoms with Crippen molar-refractivity contribution < 1.29 is 19.1 Å². The number of methoxy groups -OCH3 is 2. The Hall–Kier alpha value is -2.64. The number of amides is 2. The minimum Gasteiger partial charge on any atom is -0.495 e. The molecule has 1 heterocycles. The predicted octanol–water partition coefficient (Wildman–Crippen LogP) is 2.68. The molecule has 0 aliphatic carbocycles. The van der Waals surface area contributed by atoms with Gasteiger partial charge in [0.2, 0.25) is 0 Å². The topological polar surface area (TPSA) is 89.5 Å². The Morgan fingerprint density at radius 1 is 1.15 bits per heavy atom. The molecular formula is C18H20ClN3O4. The molecule has 0 saturated heterocycles. The van der Waals surface area contributed by atoms with E-state index in [-0.39, 0.29) is 17.3 Å². The van der Waals surface area contributed by atoms with Gasteiger partial charge in [0, 0.05) is 24.7 Å². The van der Waals surface area contributed by atoms with Crippen LogP contribution in [-0.4, -0.2) is 44.2 Å². The number of nitrogens with one attached hydrogen (secondary N) is 2. The number of anilines is 1. The molecule has 2 N–H and O–H groups in total. The zero-order valence-corrected chi connectivity index (χ0v) is 15.5. The van der Waals surface area contributed by atoms with Gasteiger partial charge in [-0.25, -0.2) is 4.98 Å². The van der Waals surface area contributed by atoms with Gasteiger partial charge in [-0.2, -0.15) is 0 Å². The van der Waals surface area contributed by atoms with Crippen molar-refractivity contribution in [3.8, 4) is 5.75 Å². The van der Waals surface area contributed by atoms with E-state index in [2.05, 4.69) is 15.6 Å². The highest BCUT2D eigenvalue weighted by Gasteiger charge is 2.15. The van der Waals surface area contributed by atoms with Gasteiger partial charge >= 0.3 is 0 Å². The lowest BCUT2D eigenvalue weighted by Gasteiger charge is -2.12. The summed E-state index contributed by atoms with van der Waals surface area (Å²) in [5, 5.41) is 5.92. The van der Waals surface area contributed by atoms with Gasteiger partial charge in [-0.05, 0) is 30.7 Å². The number of ether oxygens (including phenoxy) is 2. The summed E-state index contributed by atoms with van der Waals surface area (Å²) in [4.78, 5) is 28.7. The van der Waals surface area contributed by atoms with Crippen molar-refractivity contribution in [3.63, 3.8) is 0 Å². The van der Waals surface area contributed by atoms with Crippen LogP contribution in [0, 0.1) is 6.92 Å². The molecule has 138 valence electrons. The minimum absolute atomic E-state index is 0.110. The molecule has 7 nitrogen and oxygen atoms in total. The number of carbonyl (C=O) groups is 2. The number of pyridine rings is 1. The third kappa shape index (κ3) is 4.93. The second-order valence-corrected chi connectivity index (χ2v) is 5.82. The summed E-state index contributed by atoms with van der Waals surface area (Å²) in [6.45, 7) is 2.57. The van der Waals surface area contributed by atoms with Crippen LogP contribution in [0.3, 0.4) is 0 Å². The van der Waals surface area contributed by atoms with Crippen LogP contribution in [0.4, 0.5) is 5.69 Å². The molecule has 0 spiro atoms. The van der Waals surface area contributed by atoms with E-state index in [1.165, 1.54) is 19.2 Å². The highest BCUT2D eigenvalue weighted by Crippen LogP contribution is 2.31. The maximum Gasteiger partial charge on any atom is 0.274 e.